The lowest BCUT2D eigenvalue weighted by atomic mass is 9.88. The van der Waals surface area contributed by atoms with Gasteiger partial charge >= 0.3 is 6.09 Å². The zero-order chi connectivity index (χ0) is 40.6. The number of ether oxygens (including phenoxy) is 3. The van der Waals surface area contributed by atoms with Crippen LogP contribution in [0.2, 0.25) is 0 Å². The Hall–Kier alpha value is -4.47. The maximum Gasteiger partial charge on any atom is 0.408 e. The summed E-state index contributed by atoms with van der Waals surface area (Å²) in [5.74, 6) is -2.42. The number of hydrogen-bond donors (Lipinski definition) is 3. The molecule has 4 amide bonds. The Morgan fingerprint density at radius 3 is 2.54 bits per heavy atom. The van der Waals surface area contributed by atoms with E-state index < -0.39 is 80.5 Å². The number of halogens is 1. The van der Waals surface area contributed by atoms with Gasteiger partial charge in [-0.2, -0.15) is 4.98 Å². The van der Waals surface area contributed by atoms with Crippen molar-refractivity contribution in [3.05, 3.63) is 42.5 Å². The fourth-order valence-corrected chi connectivity index (χ4v) is 9.22. The van der Waals surface area contributed by atoms with Gasteiger partial charge in [0.25, 0.3) is 5.91 Å². The van der Waals surface area contributed by atoms with Crippen LogP contribution in [0.4, 0.5) is 9.18 Å². The average molecular weight is 800 g/mol. The molecule has 0 spiro atoms. The number of fused-ring (bicyclic) bond motifs is 3. The quantitative estimate of drug-likeness (QED) is 0.301. The largest absolute Gasteiger partial charge is 0.478 e. The Kier molecular flexibility index (Phi) is 11.6. The number of pyridine rings is 1. The van der Waals surface area contributed by atoms with Crippen molar-refractivity contribution in [2.45, 2.75) is 121 Å². The van der Waals surface area contributed by atoms with Gasteiger partial charge in [-0.05, 0) is 89.5 Å². The molecular formula is C40H54FN5O9S. The van der Waals surface area contributed by atoms with Gasteiger partial charge < -0.3 is 29.7 Å². The third-order valence-corrected chi connectivity index (χ3v) is 13.3. The summed E-state index contributed by atoms with van der Waals surface area (Å²) in [6, 6.07) is 6.95. The molecule has 1 aromatic carbocycles. The van der Waals surface area contributed by atoms with Gasteiger partial charge in [-0.1, -0.05) is 44.2 Å². The number of alkyl halides is 1. The fraction of sp³-hybridized carbons (Fsp3) is 0.625. The number of benzene rings is 1. The van der Waals surface area contributed by atoms with Crippen molar-refractivity contribution in [3.63, 3.8) is 0 Å². The summed E-state index contributed by atoms with van der Waals surface area (Å²) >= 11 is 0. The highest BCUT2D eigenvalue weighted by molar-refractivity contribution is 7.91. The molecule has 3 fully saturated rings. The van der Waals surface area contributed by atoms with Gasteiger partial charge in [-0.25, -0.2) is 17.6 Å². The van der Waals surface area contributed by atoms with Crippen LogP contribution in [0.3, 0.4) is 0 Å². The molecule has 3 N–H and O–H groups in total. The molecule has 14 nitrogen and oxygen atoms in total. The van der Waals surface area contributed by atoms with Crippen LogP contribution in [0, 0.1) is 17.8 Å². The Morgan fingerprint density at radius 2 is 1.86 bits per heavy atom. The summed E-state index contributed by atoms with van der Waals surface area (Å²) in [5.41, 5.74) is -2.50. The monoisotopic (exact) mass is 799 g/mol. The maximum absolute atomic E-state index is 14.8. The first-order valence-electron chi connectivity index (χ1n) is 19.5. The normalized spacial score (nSPS) is 29.7. The molecular weight excluding hydrogens is 746 g/mol. The first-order valence-corrected chi connectivity index (χ1v) is 21.0. The second-order valence-corrected chi connectivity index (χ2v) is 18.9. The third-order valence-electron chi connectivity index (χ3n) is 11.2. The zero-order valence-electron chi connectivity index (χ0n) is 32.9. The van der Waals surface area contributed by atoms with Gasteiger partial charge in [-0.15, -0.1) is 0 Å². The van der Waals surface area contributed by atoms with E-state index in [9.17, 15) is 32.0 Å². The molecule has 1 unspecified atom stereocenters. The standard InChI is InChI=1S/C40H54FN5O9S/c1-7-53-31-19-26-13-9-11-15-29(26)34(42-31)54-28-20-30-33(47)44-40(36(49)45-56(51,52)39(23-41)16-17-39)21-27(40)14-10-8-12-24(2)18-25(3)32(35(48)46(30)22-28)43-37(50)55-38(4,5)6/h9-11,13-15,19,24-25,27-28,30,32H,7-8,12,16-18,20-23H2,1-6H3,(H,43,50)(H,44,47)(H,45,49)/b14-10-/t24-,25-,27?,28-,30+,32+,40-/m1/s1. The lowest BCUT2D eigenvalue weighted by molar-refractivity contribution is -0.142. The number of nitrogens with one attached hydrogen (secondary N) is 3. The van der Waals surface area contributed by atoms with Crippen LogP contribution in [0.15, 0.2) is 42.5 Å². The van der Waals surface area contributed by atoms with Gasteiger partial charge in [0.2, 0.25) is 33.6 Å². The second kappa shape index (κ2) is 15.8. The van der Waals surface area contributed by atoms with Gasteiger partial charge in [-0.3, -0.25) is 19.1 Å². The van der Waals surface area contributed by atoms with Gasteiger partial charge in [0.1, 0.15) is 40.7 Å². The van der Waals surface area contributed by atoms with Crippen molar-refractivity contribution in [2.75, 3.05) is 19.8 Å². The molecule has 7 atom stereocenters. The predicted octanol–water partition coefficient (Wildman–Crippen LogP) is 4.71. The molecule has 2 aliphatic heterocycles. The zero-order valence-corrected chi connectivity index (χ0v) is 33.7. The SMILES string of the molecule is CCOc1cc2ccccc2c(O[C@@H]2C[C@H]3C(=O)N[C@]4(C(=O)NS(=O)(=O)C5(CF)CC5)CC4/C=C\CC[C@@H](C)C[C@@H](C)[C@H](NC(=O)OC(C)(C)C)C(=O)N3C2)n1. The molecule has 56 heavy (non-hydrogen) atoms. The molecule has 3 heterocycles. The molecule has 0 radical (unpaired) electrons. The van der Waals surface area contributed by atoms with E-state index in [2.05, 4.69) is 27.3 Å². The average Bonchev–Trinajstić information content (AvgIpc) is 4.03. The minimum atomic E-state index is -4.39. The number of carbonyl (C=O) groups excluding carboxylic acids is 4. The second-order valence-electron chi connectivity index (χ2n) is 16.9. The molecule has 16 heteroatoms. The Morgan fingerprint density at radius 1 is 1.12 bits per heavy atom. The van der Waals surface area contributed by atoms with Gasteiger partial charge in [0.05, 0.1) is 13.2 Å². The van der Waals surface area contributed by atoms with Crippen LogP contribution in [-0.4, -0.2) is 96.0 Å². The van der Waals surface area contributed by atoms with Crippen molar-refractivity contribution in [3.8, 4) is 11.8 Å². The number of nitrogens with zero attached hydrogens (tertiary/aromatic N) is 2. The van der Waals surface area contributed by atoms with Crippen molar-refractivity contribution in [2.24, 2.45) is 17.8 Å². The molecule has 1 aromatic heterocycles. The molecule has 2 aliphatic carbocycles. The smallest absolute Gasteiger partial charge is 0.408 e. The lowest BCUT2D eigenvalue weighted by Gasteiger charge is -2.33. The molecule has 4 aliphatic rings. The lowest BCUT2D eigenvalue weighted by Crippen LogP contribution is -2.59. The van der Waals surface area contributed by atoms with Crippen LogP contribution in [-0.2, 0) is 29.1 Å². The van der Waals surface area contributed by atoms with Crippen molar-refractivity contribution in [1.29, 1.82) is 0 Å². The molecule has 6 rings (SSSR count). The maximum atomic E-state index is 14.8. The number of aromatic nitrogens is 1. The van der Waals surface area contributed by atoms with Crippen molar-refractivity contribution < 1.29 is 46.2 Å². The van der Waals surface area contributed by atoms with Gasteiger partial charge in [0, 0.05) is 23.8 Å². The molecule has 306 valence electrons. The first kappa shape index (κ1) is 41.2. The number of carbonyl (C=O) groups is 4. The van der Waals surface area contributed by atoms with Crippen molar-refractivity contribution >= 4 is 44.6 Å². The molecule has 2 saturated carbocycles. The van der Waals surface area contributed by atoms with Crippen molar-refractivity contribution in [1.82, 2.24) is 25.2 Å². The first-order chi connectivity index (χ1) is 26.4. The minimum Gasteiger partial charge on any atom is -0.478 e. The minimum absolute atomic E-state index is 0.0160. The number of sulfonamides is 1. The number of alkyl carbamates (subject to hydrolysis) is 1. The number of allylic oxidation sites excluding steroid dienone is 1. The van der Waals surface area contributed by atoms with Crippen LogP contribution < -0.4 is 24.8 Å². The highest BCUT2D eigenvalue weighted by Crippen LogP contribution is 2.48. The molecule has 0 bridgehead atoms. The predicted molar refractivity (Wildman–Crippen MR) is 206 cm³/mol. The molecule has 2 aromatic rings. The topological polar surface area (TPSA) is 182 Å². The Balaban J connectivity index is 1.36. The fourth-order valence-electron chi connectivity index (χ4n) is 7.80. The van der Waals surface area contributed by atoms with Gasteiger partial charge in [0.15, 0.2) is 0 Å². The third kappa shape index (κ3) is 8.74. The van der Waals surface area contributed by atoms with E-state index in [4.69, 9.17) is 14.2 Å². The highest BCUT2D eigenvalue weighted by Gasteiger charge is 2.64. The van der Waals surface area contributed by atoms with E-state index in [1.54, 1.807) is 26.8 Å². The van der Waals surface area contributed by atoms with E-state index >= 15 is 0 Å². The van der Waals surface area contributed by atoms with E-state index in [0.717, 1.165) is 11.8 Å². The number of hydrogen-bond acceptors (Lipinski definition) is 10. The van der Waals surface area contributed by atoms with Crippen LogP contribution >= 0.6 is 0 Å². The summed E-state index contributed by atoms with van der Waals surface area (Å²) < 4.78 is 58.4. The summed E-state index contributed by atoms with van der Waals surface area (Å²) in [7, 11) is -4.39. The van der Waals surface area contributed by atoms with Crippen LogP contribution in [0.5, 0.6) is 11.8 Å². The number of amides is 4. The van der Waals surface area contributed by atoms with E-state index in [0.29, 0.717) is 30.7 Å². The summed E-state index contributed by atoms with van der Waals surface area (Å²) in [6.45, 7) is 10.1. The number of rotatable bonds is 9. The Labute approximate surface area is 327 Å². The summed E-state index contributed by atoms with van der Waals surface area (Å²) in [6.07, 6.45) is 4.34. The Bertz CT molecular complexity index is 1980. The van der Waals surface area contributed by atoms with Crippen LogP contribution in [0.25, 0.3) is 10.8 Å². The van der Waals surface area contributed by atoms with E-state index in [-0.39, 0.29) is 49.9 Å². The van der Waals surface area contributed by atoms with E-state index in [1.165, 1.54) is 4.90 Å². The summed E-state index contributed by atoms with van der Waals surface area (Å²) in [4.78, 5) is 62.4. The summed E-state index contributed by atoms with van der Waals surface area (Å²) in [5, 5.41) is 7.12. The molecule has 1 saturated heterocycles. The van der Waals surface area contributed by atoms with E-state index in [1.807, 2.05) is 50.3 Å². The van der Waals surface area contributed by atoms with Crippen LogP contribution in [0.1, 0.15) is 86.5 Å². The highest BCUT2D eigenvalue weighted by atomic mass is 32.2.